The largest absolute Gasteiger partial charge is 0.394 e. The Hall–Kier alpha value is -5.49. The molecule has 0 spiro atoms. The number of ether oxygens (including phenoxy) is 7. The Morgan fingerprint density at radius 1 is 0.365 bits per heavy atom. The molecule has 4 aliphatic rings. The fourth-order valence-electron chi connectivity index (χ4n) is 12.5. The van der Waals surface area contributed by atoms with Crippen molar-refractivity contribution in [3.8, 4) is 0 Å². The SMILES string of the molecule is CC(=O)NC1C(OCCCCCCNC(=O)C(CCC(=O)NCCCCCCOC2O[C@H](CO)C(O)C(O)C2NC(C)=O)NC(=O)CCC(NC(=O)CCCCCCCCCNC(=O)[C@@H]2C[C@H](O)[C@@H](CO)O2)C(=O)NCCCCCCOC2OC(CO)C(O)C(O)C2NC(C)=O)OC(CO)C(O)C1O. The summed E-state index contributed by atoms with van der Waals surface area (Å²) < 4.78 is 39.6. The van der Waals surface area contributed by atoms with Crippen LogP contribution in [-0.4, -0.2) is 304 Å². The molecule has 0 bridgehead atoms. The van der Waals surface area contributed by atoms with E-state index in [4.69, 9.17) is 33.2 Å². The van der Waals surface area contributed by atoms with Gasteiger partial charge in [0.05, 0.1) is 32.5 Å². The van der Waals surface area contributed by atoms with E-state index in [1.54, 1.807) is 0 Å². The van der Waals surface area contributed by atoms with E-state index in [1.165, 1.54) is 20.8 Å². The van der Waals surface area contributed by atoms with E-state index in [9.17, 15) is 99.3 Å². The fourth-order valence-corrected chi connectivity index (χ4v) is 12.5. The van der Waals surface area contributed by atoms with Crippen LogP contribution in [-0.2, 0) is 76.3 Å². The highest BCUT2D eigenvalue weighted by atomic mass is 16.7. The lowest BCUT2D eigenvalue weighted by Gasteiger charge is -2.42. The Morgan fingerprint density at radius 3 is 1.04 bits per heavy atom. The lowest BCUT2D eigenvalue weighted by Crippen LogP contribution is -2.64. The molecule has 4 heterocycles. The summed E-state index contributed by atoms with van der Waals surface area (Å²) >= 11 is 0. The number of aliphatic hydroxyl groups excluding tert-OH is 11. The lowest BCUT2D eigenvalue weighted by atomic mass is 9.97. The highest BCUT2D eigenvalue weighted by Crippen LogP contribution is 2.27. The van der Waals surface area contributed by atoms with Gasteiger partial charge in [-0.2, -0.15) is 0 Å². The van der Waals surface area contributed by atoms with E-state index >= 15 is 0 Å². The van der Waals surface area contributed by atoms with Crippen LogP contribution in [0.25, 0.3) is 0 Å². The summed E-state index contributed by atoms with van der Waals surface area (Å²) in [4.78, 5) is 116. The number of nitrogens with one attached hydrogen (secondary N) is 9. The summed E-state index contributed by atoms with van der Waals surface area (Å²) in [7, 11) is 0. The van der Waals surface area contributed by atoms with Crippen molar-refractivity contribution in [3.05, 3.63) is 0 Å². The summed E-state index contributed by atoms with van der Waals surface area (Å²) in [6, 6.07) is -5.63. The summed E-state index contributed by atoms with van der Waals surface area (Å²) in [5.41, 5.74) is 0. The van der Waals surface area contributed by atoms with E-state index < -0.39 is 189 Å². The third kappa shape index (κ3) is 33.3. The minimum atomic E-state index is -1.47. The van der Waals surface area contributed by atoms with Crippen LogP contribution in [0.5, 0.6) is 0 Å². The van der Waals surface area contributed by atoms with Crippen LogP contribution >= 0.6 is 0 Å². The molecule has 0 aliphatic carbocycles. The molecule has 36 nitrogen and oxygen atoms in total. The molecule has 20 N–H and O–H groups in total. The average molecular weight is 1500 g/mol. The molecule has 36 heteroatoms. The standard InChI is InChI=1S/C68H121N9O27/c1-40(82)73-54-60(92)57(89)48(37-79)102-66(54)98-32-20-12-9-16-28-69-51(86)26-24-43(63(95)70-29-18-10-13-21-33-99-67-55(74-41(2)83)61(93)58(90)49(38-80)103-67)77-53(88)27-25-44(76-52(87)23-15-7-5-4-6-8-17-31-72-65(97)46-35-45(85)47(36-78)101-46)64(96)71-30-19-11-14-22-34-100-68-56(75-42(3)84)62(94)59(91)50(39-81)104-68/h43-50,54-62,66-68,78-81,85,89-94H,4-39H2,1-3H3,(H,69,86)(H,70,95)(H,71,96)(H,72,97)(H,73,82)(H,74,83)(H,75,84)(H,76,87)(H,77,88)/t43?,44?,45-,46-,47+,48+,49?,50?,54?,55?,56?,57?,58?,59?,60?,61?,62?,66?,67?,68?/m0/s1. The maximum atomic E-state index is 13.9. The van der Waals surface area contributed by atoms with Gasteiger partial charge in [-0.05, 0) is 64.2 Å². The van der Waals surface area contributed by atoms with Crippen LogP contribution in [0.1, 0.15) is 181 Å². The van der Waals surface area contributed by atoms with Gasteiger partial charge in [-0.3, -0.25) is 43.2 Å². The van der Waals surface area contributed by atoms with E-state index in [0.29, 0.717) is 96.4 Å². The predicted octanol–water partition coefficient (Wildman–Crippen LogP) is -4.83. The minimum Gasteiger partial charge on any atom is -0.394 e. The number of hydrogen-bond acceptors (Lipinski definition) is 27. The van der Waals surface area contributed by atoms with Gasteiger partial charge in [0, 0.05) is 92.5 Å². The highest BCUT2D eigenvalue weighted by molar-refractivity contribution is 5.90. The number of hydrogen-bond donors (Lipinski definition) is 20. The van der Waals surface area contributed by atoms with E-state index in [1.807, 2.05) is 0 Å². The van der Waals surface area contributed by atoms with Gasteiger partial charge >= 0.3 is 0 Å². The highest BCUT2D eigenvalue weighted by Gasteiger charge is 2.48. The monoisotopic (exact) mass is 1500 g/mol. The number of rotatable bonds is 52. The number of aliphatic hydroxyl groups is 11. The van der Waals surface area contributed by atoms with Gasteiger partial charge in [0.15, 0.2) is 18.9 Å². The Balaban J connectivity index is 1.31. The summed E-state index contributed by atoms with van der Waals surface area (Å²) in [6.45, 7) is 3.04. The molecule has 0 radical (unpaired) electrons. The van der Waals surface area contributed by atoms with Crippen LogP contribution in [0.15, 0.2) is 0 Å². The summed E-state index contributed by atoms with van der Waals surface area (Å²) in [5, 5.41) is 135. The maximum Gasteiger partial charge on any atom is 0.249 e. The number of unbranched alkanes of at least 4 members (excludes halogenated alkanes) is 15. The molecule has 9 amide bonds. The first-order chi connectivity index (χ1) is 49.8. The predicted molar refractivity (Wildman–Crippen MR) is 367 cm³/mol. The quantitative estimate of drug-likeness (QED) is 0.0254. The molecule has 20 atom stereocenters. The third-order valence-electron chi connectivity index (χ3n) is 18.4. The van der Waals surface area contributed by atoms with Crippen molar-refractivity contribution in [1.82, 2.24) is 47.9 Å². The molecule has 4 aliphatic heterocycles. The van der Waals surface area contributed by atoms with Crippen molar-refractivity contribution in [3.63, 3.8) is 0 Å². The van der Waals surface area contributed by atoms with Crippen LogP contribution in [0.2, 0.25) is 0 Å². The number of carbonyl (C=O) groups excluding carboxylic acids is 9. The lowest BCUT2D eigenvalue weighted by molar-refractivity contribution is -0.270. The first kappa shape index (κ1) is 90.9. The minimum absolute atomic E-state index is 0.0907. The van der Waals surface area contributed by atoms with Crippen molar-refractivity contribution in [2.75, 3.05) is 72.4 Å². The molecular formula is C68H121N9O27. The molecular weight excluding hydrogens is 1370 g/mol. The summed E-state index contributed by atoms with van der Waals surface area (Å²) in [5.74, 6) is -4.38. The second-order valence-electron chi connectivity index (χ2n) is 27.1. The molecule has 600 valence electrons. The second-order valence-corrected chi connectivity index (χ2v) is 27.1. The normalized spacial score (nSPS) is 28.1. The zero-order valence-corrected chi connectivity index (χ0v) is 60.5. The Kier molecular flexibility index (Phi) is 44.5. The van der Waals surface area contributed by atoms with Gasteiger partial charge in [0.1, 0.15) is 97.4 Å². The Morgan fingerprint density at radius 2 is 0.683 bits per heavy atom. The first-order valence-electron chi connectivity index (χ1n) is 37.0. The van der Waals surface area contributed by atoms with Gasteiger partial charge in [-0.1, -0.05) is 70.6 Å². The zero-order valence-electron chi connectivity index (χ0n) is 60.5. The maximum absolute atomic E-state index is 13.9. The fraction of sp³-hybridized carbons (Fsp3) is 0.868. The van der Waals surface area contributed by atoms with Gasteiger partial charge in [-0.25, -0.2) is 0 Å². The molecule has 0 aromatic carbocycles. The van der Waals surface area contributed by atoms with Crippen LogP contribution in [0.4, 0.5) is 0 Å². The molecule has 16 unspecified atom stereocenters. The van der Waals surface area contributed by atoms with Crippen molar-refractivity contribution < 1.29 is 132 Å². The van der Waals surface area contributed by atoms with E-state index in [-0.39, 0.29) is 90.5 Å². The van der Waals surface area contributed by atoms with Gasteiger partial charge < -0.3 is 137 Å². The average Bonchev–Trinajstić information content (AvgIpc) is 0.990. The Bertz CT molecular complexity index is 2540. The number of carbonyl (C=O) groups is 9. The second kappa shape index (κ2) is 51.0. The number of amides is 9. The van der Waals surface area contributed by atoms with Gasteiger partial charge in [0.2, 0.25) is 53.2 Å². The van der Waals surface area contributed by atoms with Crippen molar-refractivity contribution >= 4 is 53.2 Å². The molecule has 0 aromatic heterocycles. The van der Waals surface area contributed by atoms with Gasteiger partial charge in [0.25, 0.3) is 0 Å². The molecule has 4 fully saturated rings. The zero-order chi connectivity index (χ0) is 76.5. The molecule has 4 rings (SSSR count). The van der Waals surface area contributed by atoms with Crippen LogP contribution in [0.3, 0.4) is 0 Å². The van der Waals surface area contributed by atoms with Crippen molar-refractivity contribution in [1.29, 1.82) is 0 Å². The molecule has 4 saturated heterocycles. The smallest absolute Gasteiger partial charge is 0.249 e. The van der Waals surface area contributed by atoms with Crippen LogP contribution in [0, 0.1) is 0 Å². The Labute approximate surface area is 607 Å². The first-order valence-corrected chi connectivity index (χ1v) is 37.0. The van der Waals surface area contributed by atoms with Crippen LogP contribution < -0.4 is 47.9 Å². The summed E-state index contributed by atoms with van der Waals surface area (Å²) in [6.07, 6.45) is -6.45. The third-order valence-corrected chi connectivity index (χ3v) is 18.4. The molecule has 0 saturated carbocycles. The molecule has 104 heavy (non-hydrogen) atoms. The van der Waals surface area contributed by atoms with Gasteiger partial charge in [-0.15, -0.1) is 0 Å². The van der Waals surface area contributed by atoms with E-state index in [0.717, 1.165) is 32.1 Å². The van der Waals surface area contributed by atoms with Crippen molar-refractivity contribution in [2.24, 2.45) is 0 Å². The van der Waals surface area contributed by atoms with E-state index in [2.05, 4.69) is 47.9 Å². The molecule has 0 aromatic rings. The van der Waals surface area contributed by atoms with Crippen molar-refractivity contribution in [2.45, 2.75) is 304 Å². The topological polar surface area (TPSA) is 549 Å².